The molecule has 1 saturated heterocycles. The number of amides is 13. The van der Waals surface area contributed by atoms with Gasteiger partial charge in [-0.15, -0.1) is 0 Å². The number of guanidine groups is 3. The number of carbonyl (C=O) groups excluding carboxylic acids is 13. The monoisotopic (exact) mass is 1560 g/mol. The van der Waals surface area contributed by atoms with Crippen LogP contribution in [0.15, 0.2) is 69.7 Å². The predicted molar refractivity (Wildman–Crippen MR) is 403 cm³/mol. The van der Waals surface area contributed by atoms with Crippen LogP contribution in [-0.4, -0.2) is 256 Å². The topological polar surface area (TPSA) is 743 Å². The number of unbranched alkanes of at least 4 members (excludes halogenated alkanes) is 1. The summed E-state index contributed by atoms with van der Waals surface area (Å²) in [6.07, 6.45) is -0.103. The molecule has 13 amide bonds. The number of carboxylic acids is 1. The predicted octanol–water partition coefficient (Wildman–Crippen LogP) is -9.39. The van der Waals surface area contributed by atoms with Crippen molar-refractivity contribution in [1.82, 2.24) is 68.4 Å². The van der Waals surface area contributed by atoms with Gasteiger partial charge in [0.25, 0.3) is 0 Å². The van der Waals surface area contributed by atoms with Crippen molar-refractivity contribution >= 4 is 112 Å². The van der Waals surface area contributed by atoms with E-state index in [2.05, 4.69) is 78.4 Å². The van der Waals surface area contributed by atoms with Crippen LogP contribution in [0.2, 0.25) is 0 Å². The molecule has 1 aliphatic heterocycles. The fourth-order valence-electron chi connectivity index (χ4n) is 11.5. The number of aliphatic imine (C=N–C) groups is 3. The van der Waals surface area contributed by atoms with E-state index >= 15 is 0 Å². The zero-order valence-electron chi connectivity index (χ0n) is 61.9. The third-order valence-corrected chi connectivity index (χ3v) is 17.4. The number of aliphatic hydroxyl groups excluding tert-OH is 2. The highest BCUT2D eigenvalue weighted by Gasteiger charge is 2.41. The summed E-state index contributed by atoms with van der Waals surface area (Å²) in [5.74, 6) is -14.4. The fraction of sp³-hybridized carbons (Fsp3) is 0.544. The quantitative estimate of drug-likeness (QED) is 0.0142. The van der Waals surface area contributed by atoms with Crippen molar-refractivity contribution in [3.63, 3.8) is 0 Å². The first kappa shape index (κ1) is 91.4. The Balaban J connectivity index is 1.47. The van der Waals surface area contributed by atoms with Crippen LogP contribution in [0.3, 0.4) is 0 Å². The lowest BCUT2D eigenvalue weighted by molar-refractivity contribution is -0.142. The van der Waals surface area contributed by atoms with Crippen LogP contribution in [0.1, 0.15) is 108 Å². The number of likely N-dealkylation sites (tertiary alicyclic amines) is 1. The summed E-state index contributed by atoms with van der Waals surface area (Å²) in [7, 11) is 0. The Morgan fingerprint density at radius 2 is 1.05 bits per heavy atom. The number of carboxylic acid groups (broad SMARTS) is 1. The Bertz CT molecular complexity index is 3770. The van der Waals surface area contributed by atoms with Crippen LogP contribution in [0.4, 0.5) is 0 Å². The molecular formula is C68H107N25O18. The molecule has 2 heterocycles. The maximum Gasteiger partial charge on any atom is 0.326 e. The number of fused-ring (bicyclic) bond motifs is 1. The van der Waals surface area contributed by atoms with E-state index in [0.29, 0.717) is 24.0 Å². The minimum absolute atomic E-state index is 0.00831. The second-order valence-electron chi connectivity index (χ2n) is 26.3. The highest BCUT2D eigenvalue weighted by Crippen LogP contribution is 2.24. The zero-order valence-corrected chi connectivity index (χ0v) is 61.9. The van der Waals surface area contributed by atoms with Crippen molar-refractivity contribution < 1.29 is 87.5 Å². The lowest BCUT2D eigenvalue weighted by Crippen LogP contribution is -2.60. The molecule has 12 atom stereocenters. The molecule has 1 aliphatic rings. The van der Waals surface area contributed by atoms with Gasteiger partial charge in [0, 0.05) is 62.5 Å². The average molecular weight is 1560 g/mol. The molecule has 43 heteroatoms. The molecule has 4 rings (SSSR count). The lowest BCUT2D eigenvalue weighted by atomic mass is 10.0. The number of benzene rings is 2. The SMILES string of the molecule is C[C@H](NC(=O)[C@H](Cc1ccc(O)cc1)NC(=O)[C@H](CCCCN)NC(=O)CNC(=O)[C@@H](NC(=O)[C@H](CCCN=C(N)N)NC(=O)[C@H](CCCN=C(N)N)NC(=O)CNC(=O)[C@H](CO)NC(=O)[C@@H]1CCCN1C(=O)[C@H](Cc1c[nH]c2ccccc12)NC(=O)[C@@H](N)CCC(N)=O)[C@@H](C)O)C(=O)N[C@@H](CCCN=C(N)N)C(=O)O. The zero-order chi connectivity index (χ0) is 82.4. The minimum Gasteiger partial charge on any atom is -0.508 e. The van der Waals surface area contributed by atoms with Gasteiger partial charge in [0.05, 0.1) is 31.8 Å². The third kappa shape index (κ3) is 32.4. The van der Waals surface area contributed by atoms with Gasteiger partial charge in [-0.05, 0) is 127 Å². The Morgan fingerprint density at radius 3 is 1.59 bits per heavy atom. The number of aliphatic carboxylic acids is 1. The van der Waals surface area contributed by atoms with Crippen LogP contribution in [0.5, 0.6) is 5.75 Å². The number of aromatic amines is 1. The highest BCUT2D eigenvalue weighted by atomic mass is 16.4. The van der Waals surface area contributed by atoms with E-state index in [0.717, 1.165) is 17.8 Å². The number of phenolic OH excluding ortho intramolecular Hbond substituents is 1. The molecule has 1 aromatic heterocycles. The molecule has 1 fully saturated rings. The number of aromatic nitrogens is 1. The Kier molecular flexibility index (Phi) is 38.7. The van der Waals surface area contributed by atoms with Crippen molar-refractivity contribution in [3.8, 4) is 5.75 Å². The molecular weight excluding hydrogens is 1450 g/mol. The molecule has 612 valence electrons. The number of nitrogens with two attached hydrogens (primary N) is 9. The summed E-state index contributed by atoms with van der Waals surface area (Å²) in [6, 6.07) is -3.35. The molecule has 0 bridgehead atoms. The van der Waals surface area contributed by atoms with E-state index < -0.39 is 175 Å². The van der Waals surface area contributed by atoms with Crippen LogP contribution < -0.4 is 110 Å². The van der Waals surface area contributed by atoms with E-state index in [-0.39, 0.29) is 140 Å². The molecule has 0 unspecified atom stereocenters. The molecule has 43 nitrogen and oxygen atoms in total. The number of rotatable bonds is 49. The molecule has 34 N–H and O–H groups in total. The summed E-state index contributed by atoms with van der Waals surface area (Å²) in [6.45, 7) is -0.265. The number of phenols is 1. The maximum atomic E-state index is 14.5. The smallest absolute Gasteiger partial charge is 0.326 e. The van der Waals surface area contributed by atoms with Gasteiger partial charge in [-0.2, -0.15) is 0 Å². The number of nitrogens with one attached hydrogen (secondary N) is 12. The van der Waals surface area contributed by atoms with Crippen molar-refractivity contribution in [2.24, 2.45) is 66.6 Å². The first-order chi connectivity index (χ1) is 52.6. The number of aromatic hydroxyl groups is 1. The summed E-state index contributed by atoms with van der Waals surface area (Å²) in [5, 5.41) is 68.6. The van der Waals surface area contributed by atoms with Crippen LogP contribution in [-0.2, 0) is 80.0 Å². The number of hydrogen-bond acceptors (Lipinski definition) is 22. The number of hydrogen-bond donors (Lipinski definition) is 25. The lowest BCUT2D eigenvalue weighted by Gasteiger charge is -2.30. The Hall–Kier alpha value is -12.0. The van der Waals surface area contributed by atoms with E-state index in [9.17, 15) is 87.5 Å². The normalized spacial score (nSPS) is 15.3. The van der Waals surface area contributed by atoms with Gasteiger partial charge in [-0.25, -0.2) is 4.79 Å². The average Bonchev–Trinajstić information content (AvgIpc) is 1.67. The van der Waals surface area contributed by atoms with Crippen molar-refractivity contribution in [1.29, 1.82) is 0 Å². The number of nitrogens with zero attached hydrogens (tertiary/aromatic N) is 4. The Morgan fingerprint density at radius 1 is 0.550 bits per heavy atom. The van der Waals surface area contributed by atoms with E-state index in [1.165, 1.54) is 36.1 Å². The number of para-hydroxylation sites is 1. The van der Waals surface area contributed by atoms with E-state index in [1.807, 2.05) is 12.1 Å². The largest absolute Gasteiger partial charge is 0.508 e. The molecule has 3 aromatic rings. The van der Waals surface area contributed by atoms with Crippen molar-refractivity contribution in [2.45, 2.75) is 183 Å². The molecule has 0 saturated carbocycles. The van der Waals surface area contributed by atoms with Gasteiger partial charge in [-0.3, -0.25) is 77.3 Å². The van der Waals surface area contributed by atoms with E-state index in [1.54, 1.807) is 18.3 Å². The Labute approximate surface area is 638 Å². The summed E-state index contributed by atoms with van der Waals surface area (Å²) in [4.78, 5) is 206. The maximum absolute atomic E-state index is 14.5. The third-order valence-electron chi connectivity index (χ3n) is 17.4. The van der Waals surface area contributed by atoms with E-state index in [4.69, 9.17) is 51.6 Å². The second kappa shape index (κ2) is 47.1. The van der Waals surface area contributed by atoms with Crippen LogP contribution >= 0.6 is 0 Å². The molecule has 0 radical (unpaired) electrons. The van der Waals surface area contributed by atoms with Gasteiger partial charge < -0.3 is 140 Å². The molecule has 0 spiro atoms. The van der Waals surface area contributed by atoms with Crippen LogP contribution in [0.25, 0.3) is 10.9 Å². The first-order valence-corrected chi connectivity index (χ1v) is 35.9. The summed E-state index contributed by atoms with van der Waals surface area (Å²) < 4.78 is 0. The number of primary amides is 1. The van der Waals surface area contributed by atoms with Gasteiger partial charge in [-0.1, -0.05) is 30.3 Å². The molecule has 0 aliphatic carbocycles. The van der Waals surface area contributed by atoms with Gasteiger partial charge in [0.15, 0.2) is 17.9 Å². The minimum atomic E-state index is -1.85. The summed E-state index contributed by atoms with van der Waals surface area (Å²) in [5.41, 5.74) is 51.6. The first-order valence-electron chi connectivity index (χ1n) is 35.9. The molecule has 2 aromatic carbocycles. The number of carbonyl (C=O) groups is 14. The molecule has 111 heavy (non-hydrogen) atoms. The van der Waals surface area contributed by atoms with Gasteiger partial charge in [0.2, 0.25) is 76.8 Å². The van der Waals surface area contributed by atoms with Crippen molar-refractivity contribution in [2.75, 3.05) is 52.4 Å². The number of H-pyrrole nitrogens is 1. The van der Waals surface area contributed by atoms with Gasteiger partial charge >= 0.3 is 5.97 Å². The highest BCUT2D eigenvalue weighted by molar-refractivity contribution is 6.00. The van der Waals surface area contributed by atoms with Crippen molar-refractivity contribution in [3.05, 3.63) is 65.9 Å². The summed E-state index contributed by atoms with van der Waals surface area (Å²) >= 11 is 0. The van der Waals surface area contributed by atoms with Gasteiger partial charge in [0.1, 0.15) is 66.2 Å². The standard InChI is InChI=1S/C68H107N25O18/c1-35(55(100)88-46(65(110)111)16-9-27-80-68(76)77)84-61(106)47(29-37-18-20-39(96)21-19-37)89-59(104)43(13-5-6-24-69)85-53(99)33-83-63(108)54(36(2)95)92-60(105)45(15-8-26-79-67(74)75)87-58(103)44(14-7-25-78-66(72)73)86-52(98)32-82-57(102)49(34-94)91-62(107)50-17-10-28-93(50)64(109)48(90-56(101)41(70)22-23-51(71)97)30-38-31-81-42-12-4-3-11-40(38)42/h3-4,11-12,18-21,31,35-36,41,43-50,54,81,94-96H,5-10,13-17,22-30,32-34,69-70H2,1-2H3,(H2,71,97)(H,82,102)(H,83,108)(H,84,106)(H,85,99)(H,86,98)(H,87,103)(H,88,100)(H,89,104)(H,90,101)(H,91,107)(H,92,105)(H,110,111)(H4,72,73,78)(H4,74,75,79)(H4,76,77,80)/t35-,36+,41-,43-,44-,45-,46-,47-,48-,49-,50-,54-/m0/s1. The second-order valence-corrected chi connectivity index (χ2v) is 26.3. The van der Waals surface area contributed by atoms with Crippen LogP contribution in [0, 0.1) is 0 Å². The fourth-order valence-corrected chi connectivity index (χ4v) is 11.5. The number of aliphatic hydroxyl groups is 2.